The van der Waals surface area contributed by atoms with E-state index in [1.54, 1.807) is 0 Å². The first-order chi connectivity index (χ1) is 9.49. The van der Waals surface area contributed by atoms with Gasteiger partial charge in [-0.3, -0.25) is 0 Å². The number of rotatable bonds is 11. The quantitative estimate of drug-likeness (QED) is 0.549. The second-order valence-corrected chi connectivity index (χ2v) is 9.39. The van der Waals surface area contributed by atoms with Gasteiger partial charge in [0.05, 0.1) is 19.3 Å². The van der Waals surface area contributed by atoms with E-state index in [9.17, 15) is 0 Å². The minimum absolute atomic E-state index is 0.170. The maximum absolute atomic E-state index is 6.08. The van der Waals surface area contributed by atoms with Crippen molar-refractivity contribution in [1.29, 1.82) is 0 Å². The predicted molar refractivity (Wildman–Crippen MR) is 83.3 cm³/mol. The molecular formula is C15H32O4Si. The van der Waals surface area contributed by atoms with Crippen LogP contribution in [0.25, 0.3) is 0 Å². The molecule has 1 fully saturated rings. The van der Waals surface area contributed by atoms with Crippen molar-refractivity contribution >= 4 is 8.56 Å². The van der Waals surface area contributed by atoms with E-state index < -0.39 is 8.56 Å². The van der Waals surface area contributed by atoms with Crippen LogP contribution in [0.5, 0.6) is 0 Å². The van der Waals surface area contributed by atoms with E-state index >= 15 is 0 Å². The van der Waals surface area contributed by atoms with Crippen molar-refractivity contribution in [1.82, 2.24) is 0 Å². The van der Waals surface area contributed by atoms with Gasteiger partial charge in [-0.15, -0.1) is 0 Å². The molecule has 0 aromatic carbocycles. The third-order valence-electron chi connectivity index (χ3n) is 3.92. The summed E-state index contributed by atoms with van der Waals surface area (Å²) in [6.45, 7) is 14.5. The molecule has 0 bridgehead atoms. The second kappa shape index (κ2) is 8.49. The Bertz CT molecular complexity index is 263. The van der Waals surface area contributed by atoms with Gasteiger partial charge in [0.2, 0.25) is 0 Å². The van der Waals surface area contributed by atoms with Crippen LogP contribution in [0.1, 0.15) is 40.5 Å². The lowest BCUT2D eigenvalue weighted by Gasteiger charge is -2.44. The summed E-state index contributed by atoms with van der Waals surface area (Å²) in [5.74, 6) is 0. The van der Waals surface area contributed by atoms with Gasteiger partial charge in [0.15, 0.2) is 0 Å². The SMILES string of the molecule is CCCOC(CC[Si](C)(OCC)OCC)C1(C)COC1. The van der Waals surface area contributed by atoms with Crippen molar-refractivity contribution < 1.29 is 18.3 Å². The second-order valence-electron chi connectivity index (χ2n) is 6.04. The molecule has 1 heterocycles. The summed E-state index contributed by atoms with van der Waals surface area (Å²) in [7, 11) is -2.04. The van der Waals surface area contributed by atoms with E-state index in [1.165, 1.54) is 0 Å². The molecular weight excluding hydrogens is 272 g/mol. The molecule has 0 amide bonds. The number of ether oxygens (including phenoxy) is 2. The summed E-state index contributed by atoms with van der Waals surface area (Å²) in [6.07, 6.45) is 2.31. The fourth-order valence-corrected chi connectivity index (χ4v) is 5.07. The molecule has 1 aliphatic heterocycles. The Hall–Kier alpha value is 0.0569. The Kier molecular flexibility index (Phi) is 7.68. The largest absolute Gasteiger partial charge is 0.395 e. The molecule has 1 saturated heterocycles. The molecule has 0 spiro atoms. The highest BCUT2D eigenvalue weighted by Gasteiger charge is 2.43. The van der Waals surface area contributed by atoms with E-state index in [1.807, 2.05) is 13.8 Å². The lowest BCUT2D eigenvalue weighted by molar-refractivity contribution is -0.178. The Morgan fingerprint density at radius 2 is 1.75 bits per heavy atom. The van der Waals surface area contributed by atoms with Crippen LogP contribution >= 0.6 is 0 Å². The van der Waals surface area contributed by atoms with Crippen LogP contribution in [0.3, 0.4) is 0 Å². The van der Waals surface area contributed by atoms with Gasteiger partial charge in [0, 0.05) is 25.2 Å². The van der Waals surface area contributed by atoms with Crippen LogP contribution in [-0.2, 0) is 18.3 Å². The number of hydrogen-bond donors (Lipinski definition) is 0. The molecule has 1 rings (SSSR count). The van der Waals surface area contributed by atoms with Crippen LogP contribution in [0, 0.1) is 5.41 Å². The van der Waals surface area contributed by atoms with Gasteiger partial charge in [-0.25, -0.2) is 0 Å². The Morgan fingerprint density at radius 1 is 1.15 bits per heavy atom. The van der Waals surface area contributed by atoms with Crippen LogP contribution in [0.4, 0.5) is 0 Å². The summed E-state index contributed by atoms with van der Waals surface area (Å²) in [5.41, 5.74) is 0.170. The molecule has 20 heavy (non-hydrogen) atoms. The molecule has 0 aromatic heterocycles. The third-order valence-corrected chi connectivity index (χ3v) is 6.92. The zero-order chi connectivity index (χ0) is 15.1. The Labute approximate surface area is 125 Å². The first-order valence-electron chi connectivity index (χ1n) is 7.97. The minimum atomic E-state index is -2.04. The zero-order valence-corrected chi connectivity index (χ0v) is 14.9. The molecule has 0 saturated carbocycles. The van der Waals surface area contributed by atoms with Crippen LogP contribution in [0.15, 0.2) is 0 Å². The summed E-state index contributed by atoms with van der Waals surface area (Å²) in [4.78, 5) is 0. The van der Waals surface area contributed by atoms with Crippen LogP contribution < -0.4 is 0 Å². The van der Waals surface area contributed by atoms with Gasteiger partial charge in [0.25, 0.3) is 0 Å². The highest BCUT2D eigenvalue weighted by molar-refractivity contribution is 6.66. The summed E-state index contributed by atoms with van der Waals surface area (Å²) in [5, 5.41) is 0. The van der Waals surface area contributed by atoms with Gasteiger partial charge in [-0.2, -0.15) is 0 Å². The number of hydrogen-bond acceptors (Lipinski definition) is 4. The van der Waals surface area contributed by atoms with Gasteiger partial charge in [0.1, 0.15) is 0 Å². The lowest BCUT2D eigenvalue weighted by atomic mass is 9.81. The maximum atomic E-state index is 6.08. The van der Waals surface area contributed by atoms with E-state index in [0.29, 0.717) is 0 Å². The summed E-state index contributed by atoms with van der Waals surface area (Å²) >= 11 is 0. The summed E-state index contributed by atoms with van der Waals surface area (Å²) in [6, 6.07) is 0.985. The van der Waals surface area contributed by atoms with Crippen molar-refractivity contribution in [2.24, 2.45) is 5.41 Å². The van der Waals surface area contributed by atoms with E-state index in [4.69, 9.17) is 18.3 Å². The molecule has 1 unspecified atom stereocenters. The maximum Gasteiger partial charge on any atom is 0.335 e. The fraction of sp³-hybridized carbons (Fsp3) is 1.00. The Morgan fingerprint density at radius 3 is 2.15 bits per heavy atom. The highest BCUT2D eigenvalue weighted by atomic mass is 28.4. The average Bonchev–Trinajstić information content (AvgIpc) is 2.37. The third kappa shape index (κ3) is 5.11. The van der Waals surface area contributed by atoms with Crippen molar-refractivity contribution in [3.63, 3.8) is 0 Å². The molecule has 1 aliphatic rings. The molecule has 0 aliphatic carbocycles. The first-order valence-corrected chi connectivity index (χ1v) is 10.5. The van der Waals surface area contributed by atoms with Crippen molar-refractivity contribution in [2.75, 3.05) is 33.0 Å². The van der Waals surface area contributed by atoms with Crippen LogP contribution in [-0.4, -0.2) is 47.7 Å². The van der Waals surface area contributed by atoms with Crippen molar-refractivity contribution in [3.8, 4) is 0 Å². The lowest BCUT2D eigenvalue weighted by Crippen LogP contribution is -2.51. The van der Waals surface area contributed by atoms with E-state index in [2.05, 4.69) is 20.4 Å². The Balaban J connectivity index is 2.55. The minimum Gasteiger partial charge on any atom is -0.395 e. The van der Waals surface area contributed by atoms with Gasteiger partial charge >= 0.3 is 8.56 Å². The molecule has 1 atom stereocenters. The average molecular weight is 305 g/mol. The molecule has 4 nitrogen and oxygen atoms in total. The van der Waals surface area contributed by atoms with Gasteiger partial charge in [-0.05, 0) is 39.3 Å². The first kappa shape index (κ1) is 18.1. The molecule has 5 heteroatoms. The molecule has 120 valence electrons. The zero-order valence-electron chi connectivity index (χ0n) is 13.9. The molecule has 0 radical (unpaired) electrons. The molecule has 0 aromatic rings. The smallest absolute Gasteiger partial charge is 0.335 e. The van der Waals surface area contributed by atoms with E-state index in [-0.39, 0.29) is 11.5 Å². The van der Waals surface area contributed by atoms with Crippen molar-refractivity contribution in [2.45, 2.75) is 59.2 Å². The van der Waals surface area contributed by atoms with Crippen molar-refractivity contribution in [3.05, 3.63) is 0 Å². The fourth-order valence-electron chi connectivity index (χ4n) is 2.69. The van der Waals surface area contributed by atoms with Gasteiger partial charge in [-0.1, -0.05) is 13.8 Å². The van der Waals surface area contributed by atoms with Gasteiger partial charge < -0.3 is 18.3 Å². The standard InChI is InChI=1S/C15H32O4Si/c1-6-10-17-14(15(4)12-16-13-15)9-11-20(5,18-7-2)19-8-3/h14H,6-13H2,1-5H3. The normalized spacial score (nSPS) is 19.6. The van der Waals surface area contributed by atoms with E-state index in [0.717, 1.165) is 51.9 Å². The monoisotopic (exact) mass is 304 g/mol. The topological polar surface area (TPSA) is 36.9 Å². The molecule has 0 N–H and O–H groups in total. The summed E-state index contributed by atoms with van der Waals surface area (Å²) < 4.78 is 23.3. The van der Waals surface area contributed by atoms with Crippen LogP contribution in [0.2, 0.25) is 12.6 Å². The predicted octanol–water partition coefficient (Wildman–Crippen LogP) is 3.35. The highest BCUT2D eigenvalue weighted by Crippen LogP contribution is 2.36.